The lowest BCUT2D eigenvalue weighted by Crippen LogP contribution is -2.38. The van der Waals surface area contributed by atoms with E-state index in [1.807, 2.05) is 25.1 Å². The largest absolute Gasteiger partial charge is 0.497 e. The first-order chi connectivity index (χ1) is 12.4. The van der Waals surface area contributed by atoms with Crippen molar-refractivity contribution in [3.63, 3.8) is 0 Å². The molecule has 0 saturated carbocycles. The monoisotopic (exact) mass is 377 g/mol. The molecule has 0 aromatic heterocycles. The van der Waals surface area contributed by atoms with Gasteiger partial charge in [0.15, 0.2) is 0 Å². The zero-order valence-corrected chi connectivity index (χ0v) is 16.2. The molecule has 1 unspecified atom stereocenters. The summed E-state index contributed by atoms with van der Waals surface area (Å²) in [5.74, 6) is 1.60. The van der Waals surface area contributed by atoms with Crippen LogP contribution in [-0.4, -0.2) is 40.6 Å². The smallest absolute Gasteiger partial charge is 0.247 e. The molecule has 6 nitrogen and oxygen atoms in total. The molecule has 0 amide bonds. The molecule has 1 aliphatic heterocycles. The van der Waals surface area contributed by atoms with Crippen molar-refractivity contribution in [3.8, 4) is 17.2 Å². The topological polar surface area (TPSA) is 65.1 Å². The molecule has 0 saturated heterocycles. The maximum atomic E-state index is 13.3. The fourth-order valence-corrected chi connectivity index (χ4v) is 5.11. The van der Waals surface area contributed by atoms with Crippen LogP contribution in [0.3, 0.4) is 0 Å². The Morgan fingerprint density at radius 1 is 0.962 bits per heavy atom. The highest BCUT2D eigenvalue weighted by atomic mass is 32.2. The SMILES string of the molecule is COc1ccc2c(c1)CCN(S(=O)(=O)c1ccc(OC)cc1OC)C2C. The Hall–Kier alpha value is -2.25. The Morgan fingerprint density at radius 2 is 1.62 bits per heavy atom. The molecule has 0 fully saturated rings. The second-order valence-corrected chi connectivity index (χ2v) is 7.98. The van der Waals surface area contributed by atoms with E-state index in [-0.39, 0.29) is 16.7 Å². The van der Waals surface area contributed by atoms with Gasteiger partial charge in [0.25, 0.3) is 0 Å². The number of nitrogens with zero attached hydrogens (tertiary/aromatic N) is 1. The van der Waals surface area contributed by atoms with Crippen molar-refractivity contribution in [2.45, 2.75) is 24.3 Å². The van der Waals surface area contributed by atoms with Crippen molar-refractivity contribution < 1.29 is 22.6 Å². The maximum absolute atomic E-state index is 13.3. The minimum atomic E-state index is -3.72. The number of rotatable bonds is 5. The molecule has 1 atom stereocenters. The van der Waals surface area contributed by atoms with Crippen molar-refractivity contribution in [2.24, 2.45) is 0 Å². The molecule has 0 aliphatic carbocycles. The average Bonchev–Trinajstić information content (AvgIpc) is 2.66. The van der Waals surface area contributed by atoms with Crippen LogP contribution in [0.2, 0.25) is 0 Å². The minimum Gasteiger partial charge on any atom is -0.497 e. The van der Waals surface area contributed by atoms with Crippen LogP contribution in [0.25, 0.3) is 0 Å². The number of ether oxygens (including phenoxy) is 3. The van der Waals surface area contributed by atoms with Crippen LogP contribution in [0.15, 0.2) is 41.3 Å². The lowest BCUT2D eigenvalue weighted by molar-refractivity contribution is 0.322. The molecule has 0 radical (unpaired) electrons. The number of benzene rings is 2. The predicted molar refractivity (Wildman–Crippen MR) is 98.6 cm³/mol. The Kier molecular flexibility index (Phi) is 5.11. The van der Waals surface area contributed by atoms with Crippen LogP contribution < -0.4 is 14.2 Å². The first kappa shape index (κ1) is 18.5. The zero-order chi connectivity index (χ0) is 18.9. The van der Waals surface area contributed by atoms with E-state index >= 15 is 0 Å². The standard InChI is InChI=1S/C19H23NO5S/c1-13-17-7-5-15(23-2)11-14(17)9-10-20(13)26(21,22)19-8-6-16(24-3)12-18(19)25-4/h5-8,11-13H,9-10H2,1-4H3. The summed E-state index contributed by atoms with van der Waals surface area (Å²) in [7, 11) is 0.892. The van der Waals surface area contributed by atoms with Gasteiger partial charge in [-0.1, -0.05) is 6.07 Å². The summed E-state index contributed by atoms with van der Waals surface area (Å²) in [5, 5.41) is 0. The molecule has 2 aromatic rings. The number of hydrogen-bond donors (Lipinski definition) is 0. The van der Waals surface area contributed by atoms with E-state index in [1.165, 1.54) is 24.6 Å². The summed E-state index contributed by atoms with van der Waals surface area (Å²) in [4.78, 5) is 0.143. The number of methoxy groups -OCH3 is 3. The van der Waals surface area contributed by atoms with Gasteiger partial charge in [-0.15, -0.1) is 0 Å². The highest BCUT2D eigenvalue weighted by Gasteiger charge is 2.35. The summed E-state index contributed by atoms with van der Waals surface area (Å²) in [5.41, 5.74) is 2.11. The molecule has 0 N–H and O–H groups in total. The highest BCUT2D eigenvalue weighted by molar-refractivity contribution is 7.89. The number of fused-ring (bicyclic) bond motifs is 1. The van der Waals surface area contributed by atoms with Crippen molar-refractivity contribution in [1.82, 2.24) is 4.31 Å². The number of hydrogen-bond acceptors (Lipinski definition) is 5. The Labute approximate surface area is 154 Å². The van der Waals surface area contributed by atoms with Crippen LogP contribution in [-0.2, 0) is 16.4 Å². The minimum absolute atomic E-state index is 0.143. The summed E-state index contributed by atoms with van der Waals surface area (Å²) >= 11 is 0. The summed E-state index contributed by atoms with van der Waals surface area (Å²) in [6.07, 6.45) is 0.634. The first-order valence-corrected chi connectivity index (χ1v) is 9.77. The third-order valence-corrected chi connectivity index (χ3v) is 6.80. The molecule has 1 aliphatic rings. The molecule has 1 heterocycles. The quantitative estimate of drug-likeness (QED) is 0.801. The van der Waals surface area contributed by atoms with Crippen LogP contribution in [0, 0.1) is 0 Å². The van der Waals surface area contributed by atoms with E-state index in [0.29, 0.717) is 18.7 Å². The van der Waals surface area contributed by atoms with Gasteiger partial charge >= 0.3 is 0 Å². The van der Waals surface area contributed by atoms with Crippen LogP contribution >= 0.6 is 0 Å². The average molecular weight is 377 g/mol. The summed E-state index contributed by atoms with van der Waals surface area (Å²) in [6.45, 7) is 2.30. The lowest BCUT2D eigenvalue weighted by atomic mass is 9.95. The second-order valence-electron chi connectivity index (χ2n) is 6.12. The van der Waals surface area contributed by atoms with Crippen molar-refractivity contribution in [1.29, 1.82) is 0 Å². The van der Waals surface area contributed by atoms with Gasteiger partial charge in [0.1, 0.15) is 22.1 Å². The predicted octanol–water partition coefficient (Wildman–Crippen LogP) is 3.02. The van der Waals surface area contributed by atoms with E-state index in [9.17, 15) is 8.42 Å². The summed E-state index contributed by atoms with van der Waals surface area (Å²) in [6, 6.07) is 10.2. The van der Waals surface area contributed by atoms with E-state index in [2.05, 4.69) is 0 Å². The zero-order valence-electron chi connectivity index (χ0n) is 15.4. The van der Waals surface area contributed by atoms with Crippen LogP contribution in [0.1, 0.15) is 24.1 Å². The van der Waals surface area contributed by atoms with Crippen molar-refractivity contribution in [3.05, 3.63) is 47.5 Å². The third kappa shape index (κ3) is 3.12. The highest BCUT2D eigenvalue weighted by Crippen LogP contribution is 2.38. The molecule has 140 valence electrons. The Morgan fingerprint density at radius 3 is 2.27 bits per heavy atom. The molecule has 26 heavy (non-hydrogen) atoms. The second kappa shape index (κ2) is 7.17. The molecule has 0 bridgehead atoms. The normalized spacial score (nSPS) is 17.5. The third-order valence-electron chi connectivity index (χ3n) is 4.79. The van der Waals surface area contributed by atoms with Gasteiger partial charge in [-0.2, -0.15) is 4.31 Å². The fraction of sp³-hybridized carbons (Fsp3) is 0.368. The van der Waals surface area contributed by atoms with E-state index in [4.69, 9.17) is 14.2 Å². The number of sulfonamides is 1. The summed E-state index contributed by atoms with van der Waals surface area (Å²) < 4.78 is 43.8. The molecular weight excluding hydrogens is 354 g/mol. The van der Waals surface area contributed by atoms with Gasteiger partial charge in [-0.05, 0) is 48.7 Å². The van der Waals surface area contributed by atoms with E-state index < -0.39 is 10.0 Å². The molecule has 0 spiro atoms. The van der Waals surface area contributed by atoms with E-state index in [0.717, 1.165) is 16.9 Å². The van der Waals surface area contributed by atoms with Gasteiger partial charge < -0.3 is 14.2 Å². The van der Waals surface area contributed by atoms with Gasteiger partial charge in [-0.25, -0.2) is 8.42 Å². The maximum Gasteiger partial charge on any atom is 0.247 e. The van der Waals surface area contributed by atoms with Gasteiger partial charge in [0.05, 0.1) is 21.3 Å². The Balaban J connectivity index is 2.00. The van der Waals surface area contributed by atoms with Gasteiger partial charge in [-0.3, -0.25) is 0 Å². The van der Waals surface area contributed by atoms with Crippen molar-refractivity contribution >= 4 is 10.0 Å². The lowest BCUT2D eigenvalue weighted by Gasteiger charge is -2.34. The molecular formula is C19H23NO5S. The fourth-order valence-electron chi connectivity index (χ4n) is 3.36. The molecule has 7 heteroatoms. The molecule has 3 rings (SSSR count). The first-order valence-electron chi connectivity index (χ1n) is 8.33. The van der Waals surface area contributed by atoms with Crippen molar-refractivity contribution in [2.75, 3.05) is 27.9 Å². The van der Waals surface area contributed by atoms with Crippen LogP contribution in [0.5, 0.6) is 17.2 Å². The molecule has 2 aromatic carbocycles. The van der Waals surface area contributed by atoms with Crippen LogP contribution in [0.4, 0.5) is 0 Å². The van der Waals surface area contributed by atoms with Gasteiger partial charge in [0, 0.05) is 18.7 Å². The Bertz CT molecular complexity index is 910. The van der Waals surface area contributed by atoms with Gasteiger partial charge in [0.2, 0.25) is 10.0 Å². The van der Waals surface area contributed by atoms with E-state index in [1.54, 1.807) is 19.2 Å².